The van der Waals surface area contributed by atoms with E-state index >= 15 is 0 Å². The molecule has 0 bridgehead atoms. The summed E-state index contributed by atoms with van der Waals surface area (Å²) in [6.45, 7) is 2.45. The zero-order valence-corrected chi connectivity index (χ0v) is 6.65. The van der Waals surface area contributed by atoms with Gasteiger partial charge in [-0.15, -0.1) is 0 Å². The first-order chi connectivity index (χ1) is 4.91. The van der Waals surface area contributed by atoms with Crippen molar-refractivity contribution in [2.75, 3.05) is 18.1 Å². The molecule has 0 aromatic heterocycles. The van der Waals surface area contributed by atoms with Gasteiger partial charge in [-0.2, -0.15) is 11.8 Å². The summed E-state index contributed by atoms with van der Waals surface area (Å²) in [4.78, 5) is 0. The van der Waals surface area contributed by atoms with Crippen molar-refractivity contribution in [3.8, 4) is 0 Å². The molecular formula is C7H11O2S. The Kier molecular flexibility index (Phi) is 1.89. The normalized spacial score (nSPS) is 31.2. The molecule has 2 rings (SSSR count). The van der Waals surface area contributed by atoms with Crippen molar-refractivity contribution < 1.29 is 9.47 Å². The van der Waals surface area contributed by atoms with Crippen LogP contribution in [0.4, 0.5) is 0 Å². The van der Waals surface area contributed by atoms with Crippen molar-refractivity contribution in [3.05, 3.63) is 6.61 Å². The third-order valence-corrected chi connectivity index (χ3v) is 2.95. The molecule has 57 valence electrons. The fraction of sp³-hybridized carbons (Fsp3) is 0.857. The van der Waals surface area contributed by atoms with Gasteiger partial charge in [0, 0.05) is 12.8 Å². The molecule has 1 spiro atoms. The number of thioether (sulfide) groups is 1. The van der Waals surface area contributed by atoms with E-state index in [2.05, 4.69) is 0 Å². The van der Waals surface area contributed by atoms with E-state index in [0.29, 0.717) is 6.61 Å². The number of rotatable bonds is 0. The molecule has 2 heterocycles. The maximum atomic E-state index is 5.49. The average Bonchev–Trinajstić information content (AvgIpc) is 2.39. The van der Waals surface area contributed by atoms with Crippen LogP contribution in [-0.4, -0.2) is 23.9 Å². The average molecular weight is 159 g/mol. The van der Waals surface area contributed by atoms with Gasteiger partial charge in [0.05, 0.1) is 6.61 Å². The topological polar surface area (TPSA) is 18.5 Å². The van der Waals surface area contributed by atoms with E-state index in [-0.39, 0.29) is 5.79 Å². The summed E-state index contributed by atoms with van der Waals surface area (Å²) in [5, 5.41) is 0. The lowest BCUT2D eigenvalue weighted by Gasteiger charge is -2.30. The smallest absolute Gasteiger partial charge is 0.170 e. The molecule has 10 heavy (non-hydrogen) atoms. The fourth-order valence-electron chi connectivity index (χ4n) is 1.35. The Bertz CT molecular complexity index is 113. The third-order valence-electron chi connectivity index (χ3n) is 1.97. The van der Waals surface area contributed by atoms with Crippen LogP contribution in [0.25, 0.3) is 0 Å². The highest BCUT2D eigenvalue weighted by Crippen LogP contribution is 2.35. The van der Waals surface area contributed by atoms with Gasteiger partial charge in [-0.1, -0.05) is 0 Å². The molecule has 3 heteroatoms. The first-order valence-electron chi connectivity index (χ1n) is 3.63. The van der Waals surface area contributed by atoms with Gasteiger partial charge in [-0.05, 0) is 11.5 Å². The van der Waals surface area contributed by atoms with Crippen LogP contribution in [-0.2, 0) is 9.47 Å². The molecule has 0 amide bonds. The van der Waals surface area contributed by atoms with Crippen LogP contribution in [0.1, 0.15) is 12.8 Å². The molecule has 2 fully saturated rings. The van der Waals surface area contributed by atoms with E-state index in [1.54, 1.807) is 6.61 Å². The standard InChI is InChI=1S/C7H11O2S/c1-5-10-6-2-7(1)8-3-4-9-7/h3H,1-2,4-6H2. The van der Waals surface area contributed by atoms with E-state index in [0.717, 1.165) is 12.8 Å². The lowest BCUT2D eigenvalue weighted by molar-refractivity contribution is -0.153. The minimum atomic E-state index is -0.203. The van der Waals surface area contributed by atoms with E-state index in [4.69, 9.17) is 9.47 Å². The van der Waals surface area contributed by atoms with E-state index in [1.165, 1.54) is 11.5 Å². The first kappa shape index (κ1) is 6.95. The fourth-order valence-corrected chi connectivity index (χ4v) is 2.47. The lowest BCUT2D eigenvalue weighted by atomic mass is 10.1. The molecule has 1 radical (unpaired) electrons. The number of hydrogen-bond acceptors (Lipinski definition) is 3. The Morgan fingerprint density at radius 1 is 1.30 bits per heavy atom. The largest absolute Gasteiger partial charge is 0.347 e. The van der Waals surface area contributed by atoms with Gasteiger partial charge in [0.25, 0.3) is 0 Å². The minimum Gasteiger partial charge on any atom is -0.347 e. The summed E-state index contributed by atoms with van der Waals surface area (Å²) >= 11 is 1.98. The summed E-state index contributed by atoms with van der Waals surface area (Å²) in [7, 11) is 0. The second-order valence-corrected chi connectivity index (χ2v) is 3.84. The van der Waals surface area contributed by atoms with Crippen LogP contribution in [0.5, 0.6) is 0 Å². The highest BCUT2D eigenvalue weighted by Gasteiger charge is 2.37. The van der Waals surface area contributed by atoms with Crippen LogP contribution < -0.4 is 0 Å². The van der Waals surface area contributed by atoms with Crippen LogP contribution in [0.2, 0.25) is 0 Å². The Morgan fingerprint density at radius 3 is 2.70 bits per heavy atom. The first-order valence-corrected chi connectivity index (χ1v) is 4.78. The summed E-state index contributed by atoms with van der Waals surface area (Å²) in [6, 6.07) is 0. The molecule has 2 saturated heterocycles. The van der Waals surface area contributed by atoms with Crippen LogP contribution in [0, 0.1) is 6.61 Å². The molecule has 0 atom stereocenters. The van der Waals surface area contributed by atoms with Gasteiger partial charge in [0.1, 0.15) is 6.61 Å². The molecule has 2 nitrogen and oxygen atoms in total. The van der Waals surface area contributed by atoms with Crippen LogP contribution in [0.3, 0.4) is 0 Å². The molecule has 0 aromatic carbocycles. The molecule has 2 aliphatic heterocycles. The molecule has 0 unspecified atom stereocenters. The summed E-state index contributed by atoms with van der Waals surface area (Å²) < 4.78 is 10.9. The predicted octanol–water partition coefficient (Wildman–Crippen LogP) is 1.42. The quantitative estimate of drug-likeness (QED) is 0.532. The van der Waals surface area contributed by atoms with Gasteiger partial charge < -0.3 is 9.47 Å². The molecule has 0 N–H and O–H groups in total. The highest BCUT2D eigenvalue weighted by atomic mass is 32.2. The lowest BCUT2D eigenvalue weighted by Crippen LogP contribution is -2.34. The third kappa shape index (κ3) is 1.18. The summed E-state index contributed by atoms with van der Waals surface area (Å²) in [6.07, 6.45) is 2.10. The molecular weight excluding hydrogens is 148 g/mol. The second kappa shape index (κ2) is 2.72. The Balaban J connectivity index is 1.98. The number of hydrogen-bond donors (Lipinski definition) is 0. The highest BCUT2D eigenvalue weighted by molar-refractivity contribution is 7.99. The molecule has 0 aromatic rings. The van der Waals surface area contributed by atoms with Crippen molar-refractivity contribution in [1.82, 2.24) is 0 Å². The maximum Gasteiger partial charge on any atom is 0.170 e. The van der Waals surface area contributed by atoms with Crippen molar-refractivity contribution in [2.45, 2.75) is 18.6 Å². The summed E-state index contributed by atoms with van der Waals surface area (Å²) in [5.41, 5.74) is 0. The van der Waals surface area contributed by atoms with Gasteiger partial charge in [0.2, 0.25) is 0 Å². The molecule has 0 saturated carbocycles. The van der Waals surface area contributed by atoms with Gasteiger partial charge in [0.15, 0.2) is 5.79 Å². The zero-order chi connectivity index (χ0) is 6.86. The Hall–Kier alpha value is 0.270. The SMILES string of the molecule is [CH]1COC2(CCSCC2)O1. The van der Waals surface area contributed by atoms with Crippen molar-refractivity contribution in [3.63, 3.8) is 0 Å². The van der Waals surface area contributed by atoms with Gasteiger partial charge in [-0.25, -0.2) is 0 Å². The van der Waals surface area contributed by atoms with Gasteiger partial charge in [-0.3, -0.25) is 0 Å². The van der Waals surface area contributed by atoms with E-state index < -0.39 is 0 Å². The predicted molar refractivity (Wildman–Crippen MR) is 40.6 cm³/mol. The van der Waals surface area contributed by atoms with Crippen LogP contribution >= 0.6 is 11.8 Å². The van der Waals surface area contributed by atoms with Crippen molar-refractivity contribution in [1.29, 1.82) is 0 Å². The number of ether oxygens (including phenoxy) is 2. The van der Waals surface area contributed by atoms with Crippen molar-refractivity contribution >= 4 is 11.8 Å². The monoisotopic (exact) mass is 159 g/mol. The minimum absolute atomic E-state index is 0.203. The van der Waals surface area contributed by atoms with Crippen molar-refractivity contribution in [2.24, 2.45) is 0 Å². The molecule has 0 aliphatic carbocycles. The second-order valence-electron chi connectivity index (χ2n) is 2.62. The van der Waals surface area contributed by atoms with E-state index in [1.807, 2.05) is 11.8 Å². The van der Waals surface area contributed by atoms with Gasteiger partial charge >= 0.3 is 0 Å². The van der Waals surface area contributed by atoms with Crippen LogP contribution in [0.15, 0.2) is 0 Å². The Morgan fingerprint density at radius 2 is 2.10 bits per heavy atom. The maximum absolute atomic E-state index is 5.49. The summed E-state index contributed by atoms with van der Waals surface area (Å²) in [5.74, 6) is 2.15. The van der Waals surface area contributed by atoms with E-state index in [9.17, 15) is 0 Å². The zero-order valence-electron chi connectivity index (χ0n) is 5.84. The molecule has 2 aliphatic rings. The Labute approximate surface area is 65.3 Å².